The van der Waals surface area contributed by atoms with Gasteiger partial charge in [0.2, 0.25) is 0 Å². The molecule has 0 aliphatic carbocycles. The SMILES string of the molecule is CC1CCN(C(=O)c2ccc(NC(C)c3ccc(OC(F)F)cc3)nc2)CC1. The molecule has 2 heterocycles. The van der Waals surface area contributed by atoms with Crippen molar-refractivity contribution in [2.24, 2.45) is 5.92 Å². The molecule has 0 spiro atoms. The van der Waals surface area contributed by atoms with Crippen LogP contribution in [-0.4, -0.2) is 35.5 Å². The Bertz CT molecular complexity index is 773. The van der Waals surface area contributed by atoms with Crippen LogP contribution in [0.3, 0.4) is 0 Å². The minimum Gasteiger partial charge on any atom is -0.435 e. The minimum absolute atomic E-state index is 0.0219. The highest BCUT2D eigenvalue weighted by atomic mass is 19.3. The summed E-state index contributed by atoms with van der Waals surface area (Å²) in [6.07, 6.45) is 3.67. The van der Waals surface area contributed by atoms with Gasteiger partial charge in [0, 0.05) is 25.3 Å². The molecule has 1 aliphatic rings. The summed E-state index contributed by atoms with van der Waals surface area (Å²) in [6.45, 7) is 2.91. The zero-order chi connectivity index (χ0) is 20.1. The van der Waals surface area contributed by atoms with Crippen LogP contribution in [0.2, 0.25) is 0 Å². The van der Waals surface area contributed by atoms with Crippen molar-refractivity contribution in [3.63, 3.8) is 0 Å². The van der Waals surface area contributed by atoms with Crippen molar-refractivity contribution >= 4 is 11.7 Å². The van der Waals surface area contributed by atoms with Crippen molar-refractivity contribution in [3.8, 4) is 5.75 Å². The molecular formula is C21H25F2N3O2. The van der Waals surface area contributed by atoms with E-state index in [0.29, 0.717) is 17.3 Å². The number of halogens is 2. The zero-order valence-electron chi connectivity index (χ0n) is 16.1. The van der Waals surface area contributed by atoms with Gasteiger partial charge in [-0.3, -0.25) is 4.79 Å². The number of likely N-dealkylation sites (tertiary alicyclic amines) is 1. The second-order valence-electron chi connectivity index (χ2n) is 7.22. The number of carbonyl (C=O) groups is 1. The average molecular weight is 389 g/mol. The summed E-state index contributed by atoms with van der Waals surface area (Å²) in [5, 5.41) is 3.24. The number of benzene rings is 1. The highest BCUT2D eigenvalue weighted by molar-refractivity contribution is 5.94. The number of amides is 1. The van der Waals surface area contributed by atoms with Gasteiger partial charge in [-0.1, -0.05) is 19.1 Å². The molecule has 1 fully saturated rings. The molecule has 0 bridgehead atoms. The first-order valence-electron chi connectivity index (χ1n) is 9.49. The molecule has 150 valence electrons. The third-order valence-corrected chi connectivity index (χ3v) is 5.05. The third-order valence-electron chi connectivity index (χ3n) is 5.05. The van der Waals surface area contributed by atoms with E-state index in [0.717, 1.165) is 31.5 Å². The summed E-state index contributed by atoms with van der Waals surface area (Å²) in [5.74, 6) is 1.46. The van der Waals surface area contributed by atoms with Crippen molar-refractivity contribution in [3.05, 3.63) is 53.7 Å². The number of anilines is 1. The van der Waals surface area contributed by atoms with E-state index in [2.05, 4.69) is 22.0 Å². The summed E-state index contributed by atoms with van der Waals surface area (Å²) in [4.78, 5) is 18.8. The Kier molecular flexibility index (Phi) is 6.44. The summed E-state index contributed by atoms with van der Waals surface area (Å²) in [7, 11) is 0. The van der Waals surface area contributed by atoms with Crippen molar-refractivity contribution in [2.45, 2.75) is 39.3 Å². The maximum Gasteiger partial charge on any atom is 0.387 e. The second-order valence-corrected chi connectivity index (χ2v) is 7.22. The Morgan fingerprint density at radius 2 is 1.86 bits per heavy atom. The van der Waals surface area contributed by atoms with Crippen LogP contribution in [0, 0.1) is 5.92 Å². The fraction of sp³-hybridized carbons (Fsp3) is 0.429. The lowest BCUT2D eigenvalue weighted by molar-refractivity contribution is -0.0498. The Hall–Kier alpha value is -2.70. The molecule has 1 aromatic carbocycles. The number of pyridine rings is 1. The predicted octanol–water partition coefficient (Wildman–Crippen LogP) is 4.73. The van der Waals surface area contributed by atoms with Gasteiger partial charge in [-0.2, -0.15) is 8.78 Å². The van der Waals surface area contributed by atoms with Crippen molar-refractivity contribution in [1.82, 2.24) is 9.88 Å². The number of ether oxygens (including phenoxy) is 1. The summed E-state index contributed by atoms with van der Waals surface area (Å²) in [5.41, 5.74) is 1.49. The van der Waals surface area contributed by atoms with Crippen LogP contribution in [-0.2, 0) is 0 Å². The third kappa shape index (κ3) is 5.18. The van der Waals surface area contributed by atoms with E-state index in [4.69, 9.17) is 0 Å². The Morgan fingerprint density at radius 1 is 1.18 bits per heavy atom. The lowest BCUT2D eigenvalue weighted by atomic mass is 9.99. The Labute approximate surface area is 163 Å². The smallest absolute Gasteiger partial charge is 0.387 e. The molecule has 1 aromatic heterocycles. The summed E-state index contributed by atoms with van der Waals surface area (Å²) in [6, 6.07) is 9.95. The molecule has 5 nitrogen and oxygen atoms in total. The van der Waals surface area contributed by atoms with Crippen molar-refractivity contribution < 1.29 is 18.3 Å². The van der Waals surface area contributed by atoms with Gasteiger partial charge in [0.15, 0.2) is 0 Å². The maximum absolute atomic E-state index is 12.6. The number of piperidine rings is 1. The lowest BCUT2D eigenvalue weighted by Crippen LogP contribution is -2.37. The molecular weight excluding hydrogens is 364 g/mol. The molecule has 0 saturated carbocycles. The number of nitrogens with one attached hydrogen (secondary N) is 1. The molecule has 1 atom stereocenters. The van der Waals surface area contributed by atoms with Crippen LogP contribution in [0.1, 0.15) is 48.7 Å². The van der Waals surface area contributed by atoms with Crippen molar-refractivity contribution in [2.75, 3.05) is 18.4 Å². The number of carbonyl (C=O) groups excluding carboxylic acids is 1. The molecule has 1 saturated heterocycles. The van der Waals surface area contributed by atoms with E-state index in [1.807, 2.05) is 11.8 Å². The van der Waals surface area contributed by atoms with E-state index in [-0.39, 0.29) is 17.7 Å². The number of rotatable bonds is 6. The monoisotopic (exact) mass is 389 g/mol. The zero-order valence-corrected chi connectivity index (χ0v) is 16.1. The lowest BCUT2D eigenvalue weighted by Gasteiger charge is -2.30. The van der Waals surface area contributed by atoms with E-state index < -0.39 is 6.61 Å². The molecule has 28 heavy (non-hydrogen) atoms. The van der Waals surface area contributed by atoms with Crippen molar-refractivity contribution in [1.29, 1.82) is 0 Å². The van der Waals surface area contributed by atoms with E-state index >= 15 is 0 Å². The number of nitrogens with zero attached hydrogens (tertiary/aromatic N) is 2. The quantitative estimate of drug-likeness (QED) is 0.776. The Morgan fingerprint density at radius 3 is 2.43 bits per heavy atom. The largest absolute Gasteiger partial charge is 0.435 e. The predicted molar refractivity (Wildman–Crippen MR) is 104 cm³/mol. The number of hydrogen-bond acceptors (Lipinski definition) is 4. The standard InChI is InChI=1S/C21H25F2N3O2/c1-14-9-11-26(12-10-14)20(27)17-5-8-19(24-13-17)25-15(2)16-3-6-18(7-4-16)28-21(22)23/h3-8,13-15,21H,9-12H2,1-2H3,(H,24,25). The molecule has 2 aromatic rings. The number of aromatic nitrogens is 1. The molecule has 7 heteroatoms. The van der Waals surface area contributed by atoms with Crippen LogP contribution in [0.4, 0.5) is 14.6 Å². The molecule has 1 amide bonds. The molecule has 1 aliphatic heterocycles. The van der Waals surface area contributed by atoms with Crippen LogP contribution in [0.5, 0.6) is 5.75 Å². The topological polar surface area (TPSA) is 54.5 Å². The van der Waals surface area contributed by atoms with Crippen LogP contribution in [0.15, 0.2) is 42.6 Å². The summed E-state index contributed by atoms with van der Waals surface area (Å²) < 4.78 is 28.8. The minimum atomic E-state index is -2.83. The number of alkyl halides is 2. The summed E-state index contributed by atoms with van der Waals surface area (Å²) >= 11 is 0. The number of hydrogen-bond donors (Lipinski definition) is 1. The molecule has 0 radical (unpaired) electrons. The second kappa shape index (κ2) is 8.99. The van der Waals surface area contributed by atoms with Gasteiger partial charge >= 0.3 is 6.61 Å². The van der Waals surface area contributed by atoms with E-state index in [1.165, 1.54) is 12.1 Å². The Balaban J connectivity index is 1.58. The molecule has 1 N–H and O–H groups in total. The fourth-order valence-corrected chi connectivity index (χ4v) is 3.24. The van der Waals surface area contributed by atoms with Crippen LogP contribution >= 0.6 is 0 Å². The van der Waals surface area contributed by atoms with Gasteiger partial charge in [0.05, 0.1) is 5.56 Å². The molecule has 1 unspecified atom stereocenters. The normalized spacial score (nSPS) is 16.1. The average Bonchev–Trinajstić information content (AvgIpc) is 2.69. The van der Waals surface area contributed by atoms with Gasteiger partial charge in [-0.05, 0) is 55.5 Å². The van der Waals surface area contributed by atoms with E-state index in [1.54, 1.807) is 30.5 Å². The van der Waals surface area contributed by atoms with Gasteiger partial charge < -0.3 is 15.0 Å². The first-order chi connectivity index (χ1) is 13.4. The highest BCUT2D eigenvalue weighted by Gasteiger charge is 2.21. The van der Waals surface area contributed by atoms with E-state index in [9.17, 15) is 13.6 Å². The van der Waals surface area contributed by atoms with Gasteiger partial charge in [-0.15, -0.1) is 0 Å². The molecule has 3 rings (SSSR count). The van der Waals surface area contributed by atoms with Crippen LogP contribution < -0.4 is 10.1 Å². The first kappa shape index (κ1) is 20.0. The first-order valence-corrected chi connectivity index (χ1v) is 9.49. The fourth-order valence-electron chi connectivity index (χ4n) is 3.24. The highest BCUT2D eigenvalue weighted by Crippen LogP contribution is 2.22. The van der Waals surface area contributed by atoms with Gasteiger partial charge in [0.25, 0.3) is 5.91 Å². The maximum atomic E-state index is 12.6. The van der Waals surface area contributed by atoms with Crippen LogP contribution in [0.25, 0.3) is 0 Å². The van der Waals surface area contributed by atoms with Gasteiger partial charge in [-0.25, -0.2) is 4.98 Å². The van der Waals surface area contributed by atoms with Gasteiger partial charge in [0.1, 0.15) is 11.6 Å².